The highest BCUT2D eigenvalue weighted by Crippen LogP contribution is 2.36. The molecule has 1 saturated carbocycles. The quantitative estimate of drug-likeness (QED) is 0.709. The van der Waals surface area contributed by atoms with Gasteiger partial charge in [0.15, 0.2) is 5.16 Å². The van der Waals surface area contributed by atoms with Crippen LogP contribution in [0.1, 0.15) is 25.7 Å². The number of nitrogens with zero attached hydrogens (tertiary/aromatic N) is 2. The van der Waals surface area contributed by atoms with E-state index in [1.54, 1.807) is 0 Å². The lowest BCUT2D eigenvalue weighted by Gasteiger charge is -2.27. The molecule has 2 unspecified atom stereocenters. The maximum Gasteiger partial charge on any atom is 0.307 e. The number of anilines is 2. The van der Waals surface area contributed by atoms with Crippen molar-refractivity contribution < 1.29 is 9.90 Å². The van der Waals surface area contributed by atoms with Crippen molar-refractivity contribution in [2.45, 2.75) is 36.1 Å². The Morgan fingerprint density at radius 2 is 1.89 bits per heavy atom. The molecule has 1 fully saturated rings. The van der Waals surface area contributed by atoms with Crippen LogP contribution in [0.15, 0.2) is 11.2 Å². The summed E-state index contributed by atoms with van der Waals surface area (Å²) in [6.45, 7) is 0. The number of hydrogen-bond donors (Lipinski definition) is 3. The summed E-state index contributed by atoms with van der Waals surface area (Å²) in [6.07, 6.45) is 3.58. The molecule has 0 aliphatic heterocycles. The summed E-state index contributed by atoms with van der Waals surface area (Å²) in [4.78, 5) is 19.3. The topological polar surface area (TPSA) is 115 Å². The van der Waals surface area contributed by atoms with Crippen molar-refractivity contribution in [3.8, 4) is 0 Å². The van der Waals surface area contributed by atoms with Gasteiger partial charge in [0.25, 0.3) is 0 Å². The van der Waals surface area contributed by atoms with Gasteiger partial charge in [-0.3, -0.25) is 4.79 Å². The van der Waals surface area contributed by atoms with Crippen molar-refractivity contribution in [2.75, 3.05) is 11.5 Å². The highest BCUT2D eigenvalue weighted by Gasteiger charge is 2.32. The van der Waals surface area contributed by atoms with Crippen LogP contribution in [0, 0.1) is 5.92 Å². The minimum Gasteiger partial charge on any atom is -0.481 e. The van der Waals surface area contributed by atoms with Gasteiger partial charge in [0.1, 0.15) is 11.6 Å². The van der Waals surface area contributed by atoms with Crippen LogP contribution >= 0.6 is 11.8 Å². The summed E-state index contributed by atoms with van der Waals surface area (Å²) >= 11 is 1.37. The summed E-state index contributed by atoms with van der Waals surface area (Å²) in [5, 5.41) is 9.65. The molecule has 98 valence electrons. The van der Waals surface area contributed by atoms with Crippen LogP contribution in [-0.4, -0.2) is 26.3 Å². The number of nitrogen functional groups attached to an aromatic ring is 2. The minimum atomic E-state index is -0.746. The Morgan fingerprint density at radius 3 is 2.50 bits per heavy atom. The molecule has 0 aromatic carbocycles. The molecule has 5 N–H and O–H groups in total. The number of nitrogens with two attached hydrogens (primary N) is 2. The average molecular weight is 268 g/mol. The molecular weight excluding hydrogens is 252 g/mol. The predicted molar refractivity (Wildman–Crippen MR) is 70.1 cm³/mol. The van der Waals surface area contributed by atoms with E-state index < -0.39 is 5.97 Å². The molecule has 2 rings (SSSR count). The van der Waals surface area contributed by atoms with E-state index in [2.05, 4.69) is 9.97 Å². The summed E-state index contributed by atoms with van der Waals surface area (Å²) in [6, 6.07) is 1.49. The number of rotatable bonds is 3. The van der Waals surface area contributed by atoms with E-state index in [-0.39, 0.29) is 11.2 Å². The molecule has 1 aliphatic rings. The fourth-order valence-corrected chi connectivity index (χ4v) is 3.46. The van der Waals surface area contributed by atoms with Crippen molar-refractivity contribution >= 4 is 29.4 Å². The highest BCUT2D eigenvalue weighted by atomic mass is 32.2. The maximum atomic E-state index is 11.2. The monoisotopic (exact) mass is 268 g/mol. The van der Waals surface area contributed by atoms with Crippen LogP contribution < -0.4 is 11.5 Å². The van der Waals surface area contributed by atoms with Gasteiger partial charge in [-0.2, -0.15) is 0 Å². The van der Waals surface area contributed by atoms with Gasteiger partial charge in [-0.25, -0.2) is 9.97 Å². The second kappa shape index (κ2) is 5.43. The molecule has 1 heterocycles. The van der Waals surface area contributed by atoms with Crippen LogP contribution in [0.3, 0.4) is 0 Å². The SMILES string of the molecule is Nc1cc(N)nc(SC2CCCCC2C(=O)O)n1. The van der Waals surface area contributed by atoms with E-state index >= 15 is 0 Å². The lowest BCUT2D eigenvalue weighted by molar-refractivity contribution is -0.142. The summed E-state index contributed by atoms with van der Waals surface area (Å²) in [5.74, 6) is -0.459. The van der Waals surface area contributed by atoms with E-state index in [0.717, 1.165) is 19.3 Å². The normalized spacial score (nSPS) is 23.8. The number of carboxylic acids is 1. The summed E-state index contributed by atoms with van der Waals surface area (Å²) < 4.78 is 0. The zero-order valence-corrected chi connectivity index (χ0v) is 10.7. The third kappa shape index (κ3) is 3.04. The molecule has 0 bridgehead atoms. The van der Waals surface area contributed by atoms with Crippen molar-refractivity contribution in [3.05, 3.63) is 6.07 Å². The fourth-order valence-electron chi connectivity index (χ4n) is 2.17. The van der Waals surface area contributed by atoms with Crippen LogP contribution in [0.25, 0.3) is 0 Å². The first-order chi connectivity index (χ1) is 8.56. The van der Waals surface area contributed by atoms with Crippen molar-refractivity contribution in [3.63, 3.8) is 0 Å². The lowest BCUT2D eigenvalue weighted by atomic mass is 9.89. The Labute approximate surface area is 109 Å². The highest BCUT2D eigenvalue weighted by molar-refractivity contribution is 7.99. The van der Waals surface area contributed by atoms with Gasteiger partial charge < -0.3 is 16.6 Å². The van der Waals surface area contributed by atoms with Crippen LogP contribution in [-0.2, 0) is 4.79 Å². The van der Waals surface area contributed by atoms with Gasteiger partial charge in [0, 0.05) is 11.3 Å². The van der Waals surface area contributed by atoms with Gasteiger partial charge in [-0.1, -0.05) is 24.6 Å². The zero-order chi connectivity index (χ0) is 13.1. The molecule has 7 heteroatoms. The molecular formula is C11H16N4O2S. The standard InChI is InChI=1S/C11H16N4O2S/c12-8-5-9(13)15-11(14-8)18-7-4-2-1-3-6(7)10(16)17/h5-7H,1-4H2,(H,16,17)(H4,12,13,14,15). The Bertz CT molecular complexity index is 434. The number of hydrogen-bond acceptors (Lipinski definition) is 6. The van der Waals surface area contributed by atoms with Crippen LogP contribution in [0.5, 0.6) is 0 Å². The van der Waals surface area contributed by atoms with Gasteiger partial charge in [0.2, 0.25) is 0 Å². The number of aromatic nitrogens is 2. The molecule has 0 saturated heterocycles. The van der Waals surface area contributed by atoms with Crippen LogP contribution in [0.2, 0.25) is 0 Å². The van der Waals surface area contributed by atoms with E-state index in [4.69, 9.17) is 11.5 Å². The molecule has 0 radical (unpaired) electrons. The molecule has 1 aromatic heterocycles. The second-order valence-electron chi connectivity index (χ2n) is 4.39. The van der Waals surface area contributed by atoms with Crippen molar-refractivity contribution in [1.29, 1.82) is 0 Å². The summed E-state index contributed by atoms with van der Waals surface area (Å²) in [5.41, 5.74) is 11.2. The Hall–Kier alpha value is -1.50. The second-order valence-corrected chi connectivity index (χ2v) is 5.59. The first kappa shape index (κ1) is 12.9. The van der Waals surface area contributed by atoms with Gasteiger partial charge >= 0.3 is 5.97 Å². The number of thioether (sulfide) groups is 1. The van der Waals surface area contributed by atoms with Gasteiger partial charge in [0.05, 0.1) is 5.92 Å². The molecule has 0 amide bonds. The van der Waals surface area contributed by atoms with Crippen molar-refractivity contribution in [1.82, 2.24) is 9.97 Å². The first-order valence-electron chi connectivity index (χ1n) is 5.86. The first-order valence-corrected chi connectivity index (χ1v) is 6.73. The van der Waals surface area contributed by atoms with E-state index in [9.17, 15) is 9.90 Å². The lowest BCUT2D eigenvalue weighted by Crippen LogP contribution is -2.29. The molecule has 1 aliphatic carbocycles. The third-order valence-electron chi connectivity index (χ3n) is 3.02. The number of carboxylic acid groups (broad SMARTS) is 1. The summed E-state index contributed by atoms with van der Waals surface area (Å²) in [7, 11) is 0. The third-order valence-corrected chi connectivity index (χ3v) is 4.28. The minimum absolute atomic E-state index is 0.00236. The fraction of sp³-hybridized carbons (Fsp3) is 0.545. The Balaban J connectivity index is 2.13. The predicted octanol–water partition coefficient (Wildman–Crippen LogP) is 1.38. The molecule has 6 nitrogen and oxygen atoms in total. The van der Waals surface area contributed by atoms with E-state index in [1.165, 1.54) is 17.8 Å². The van der Waals surface area contributed by atoms with Crippen LogP contribution in [0.4, 0.5) is 11.6 Å². The van der Waals surface area contributed by atoms with Gasteiger partial charge in [-0.05, 0) is 12.8 Å². The number of carbonyl (C=O) groups is 1. The molecule has 2 atom stereocenters. The van der Waals surface area contributed by atoms with E-state index in [1.807, 2.05) is 0 Å². The number of aliphatic carboxylic acids is 1. The average Bonchev–Trinajstić information content (AvgIpc) is 2.27. The molecule has 18 heavy (non-hydrogen) atoms. The Kier molecular flexibility index (Phi) is 3.90. The maximum absolute atomic E-state index is 11.2. The zero-order valence-electron chi connectivity index (χ0n) is 9.87. The Morgan fingerprint density at radius 1 is 1.28 bits per heavy atom. The van der Waals surface area contributed by atoms with E-state index in [0.29, 0.717) is 23.2 Å². The largest absolute Gasteiger partial charge is 0.481 e. The molecule has 1 aromatic rings. The smallest absolute Gasteiger partial charge is 0.307 e. The van der Waals surface area contributed by atoms with Crippen molar-refractivity contribution in [2.24, 2.45) is 5.92 Å². The molecule has 0 spiro atoms. The van der Waals surface area contributed by atoms with Gasteiger partial charge in [-0.15, -0.1) is 0 Å².